The van der Waals surface area contributed by atoms with Crippen LogP contribution < -0.4 is 10.9 Å². The number of pyridine rings is 1. The Balaban J connectivity index is 1.68. The molecule has 2 heterocycles. The van der Waals surface area contributed by atoms with Crippen molar-refractivity contribution in [2.75, 3.05) is 6.61 Å². The van der Waals surface area contributed by atoms with Crippen LogP contribution in [0.25, 0.3) is 0 Å². The number of H-pyrrole nitrogens is 1. The number of ether oxygens (including phenoxy) is 1. The molecule has 1 amide bonds. The summed E-state index contributed by atoms with van der Waals surface area (Å²) in [6.07, 6.45) is 2.40. The summed E-state index contributed by atoms with van der Waals surface area (Å²) in [6, 6.07) is 10.1. The molecule has 2 atom stereocenters. The average Bonchev–Trinajstić information content (AvgIpc) is 2.69. The number of aromatic amines is 1. The maximum atomic E-state index is 12.7. The summed E-state index contributed by atoms with van der Waals surface area (Å²) in [5.74, 6) is -0.0545. The Morgan fingerprint density at radius 2 is 2.00 bits per heavy atom. The minimum absolute atomic E-state index is 0.0545. The van der Waals surface area contributed by atoms with Gasteiger partial charge < -0.3 is 15.0 Å². The minimum atomic E-state index is -0.379. The van der Waals surface area contributed by atoms with Crippen LogP contribution in [0.15, 0.2) is 29.1 Å². The molecule has 0 bridgehead atoms. The van der Waals surface area contributed by atoms with Gasteiger partial charge >= 0.3 is 0 Å². The molecule has 1 aromatic carbocycles. The van der Waals surface area contributed by atoms with Crippen molar-refractivity contribution in [1.82, 2.24) is 10.3 Å². The third-order valence-electron chi connectivity index (χ3n) is 5.60. The lowest BCUT2D eigenvalue weighted by Gasteiger charge is -2.33. The summed E-state index contributed by atoms with van der Waals surface area (Å²) < 4.78 is 5.97. The van der Waals surface area contributed by atoms with E-state index in [2.05, 4.69) is 34.6 Å². The van der Waals surface area contributed by atoms with Crippen LogP contribution >= 0.6 is 0 Å². The first-order chi connectivity index (χ1) is 13.9. The highest BCUT2D eigenvalue weighted by Crippen LogP contribution is 2.29. The lowest BCUT2D eigenvalue weighted by Crippen LogP contribution is -2.42. The van der Waals surface area contributed by atoms with E-state index in [1.54, 1.807) is 13.8 Å². The summed E-state index contributed by atoms with van der Waals surface area (Å²) in [5, 5.41) is 12.3. The highest BCUT2D eigenvalue weighted by atomic mass is 16.5. The number of rotatable bonds is 5. The van der Waals surface area contributed by atoms with E-state index in [0.29, 0.717) is 24.3 Å². The van der Waals surface area contributed by atoms with Crippen molar-refractivity contribution in [2.24, 2.45) is 0 Å². The third kappa shape index (κ3) is 4.75. The molecule has 6 nitrogen and oxygen atoms in total. The van der Waals surface area contributed by atoms with E-state index in [-0.39, 0.29) is 35.6 Å². The number of benzene rings is 1. The fourth-order valence-corrected chi connectivity index (χ4v) is 3.95. The van der Waals surface area contributed by atoms with Gasteiger partial charge in [-0.15, -0.1) is 0 Å². The molecule has 1 aliphatic rings. The Kier molecular flexibility index (Phi) is 6.50. The van der Waals surface area contributed by atoms with Gasteiger partial charge in [-0.1, -0.05) is 29.8 Å². The van der Waals surface area contributed by atoms with Gasteiger partial charge in [-0.05, 0) is 56.7 Å². The van der Waals surface area contributed by atoms with E-state index in [4.69, 9.17) is 4.74 Å². The lowest BCUT2D eigenvalue weighted by molar-refractivity contribution is -0.124. The number of hydrogen-bond acceptors (Lipinski definition) is 4. The van der Waals surface area contributed by atoms with E-state index in [9.17, 15) is 14.9 Å². The zero-order valence-corrected chi connectivity index (χ0v) is 17.2. The van der Waals surface area contributed by atoms with Crippen LogP contribution in [-0.2, 0) is 16.0 Å². The normalized spacial score (nSPS) is 18.8. The first-order valence-electron chi connectivity index (χ1n) is 10.0. The average molecular weight is 393 g/mol. The van der Waals surface area contributed by atoms with Gasteiger partial charge in [0.1, 0.15) is 17.7 Å². The van der Waals surface area contributed by atoms with Crippen LogP contribution in [0.5, 0.6) is 0 Å². The number of nitrogens with zero attached hydrogens (tertiary/aromatic N) is 1. The van der Waals surface area contributed by atoms with Crippen molar-refractivity contribution >= 4 is 5.91 Å². The van der Waals surface area contributed by atoms with Crippen molar-refractivity contribution < 1.29 is 9.53 Å². The van der Waals surface area contributed by atoms with Crippen LogP contribution in [0, 0.1) is 32.1 Å². The molecule has 1 fully saturated rings. The largest absolute Gasteiger partial charge is 0.371 e. The second kappa shape index (κ2) is 9.06. The Labute approximate surface area is 170 Å². The lowest BCUT2D eigenvalue weighted by atomic mass is 9.94. The Morgan fingerprint density at radius 1 is 1.28 bits per heavy atom. The quantitative estimate of drug-likeness (QED) is 0.816. The fourth-order valence-electron chi connectivity index (χ4n) is 3.95. The minimum Gasteiger partial charge on any atom is -0.371 e. The summed E-state index contributed by atoms with van der Waals surface area (Å²) in [4.78, 5) is 27.2. The van der Waals surface area contributed by atoms with Crippen molar-refractivity contribution in [3.63, 3.8) is 0 Å². The second-order valence-electron chi connectivity index (χ2n) is 7.69. The maximum Gasteiger partial charge on any atom is 0.266 e. The summed E-state index contributed by atoms with van der Waals surface area (Å²) in [7, 11) is 0. The van der Waals surface area contributed by atoms with Gasteiger partial charge in [0, 0.05) is 18.7 Å². The molecule has 6 heteroatoms. The molecular formula is C23H27N3O3. The van der Waals surface area contributed by atoms with E-state index >= 15 is 0 Å². The topological polar surface area (TPSA) is 95.0 Å². The van der Waals surface area contributed by atoms with E-state index in [1.807, 2.05) is 13.0 Å². The Hall–Kier alpha value is -2.91. The van der Waals surface area contributed by atoms with Crippen LogP contribution in [0.2, 0.25) is 0 Å². The zero-order chi connectivity index (χ0) is 21.0. The Morgan fingerprint density at radius 3 is 2.69 bits per heavy atom. The first-order valence-corrected chi connectivity index (χ1v) is 10.0. The van der Waals surface area contributed by atoms with Crippen molar-refractivity contribution in [2.45, 2.75) is 58.6 Å². The molecule has 0 radical (unpaired) electrons. The fraction of sp³-hybridized carbons (Fsp3) is 0.435. The predicted octanol–water partition coefficient (Wildman–Crippen LogP) is 3.14. The number of carbonyl (C=O) groups is 1. The predicted molar refractivity (Wildman–Crippen MR) is 111 cm³/mol. The van der Waals surface area contributed by atoms with Crippen molar-refractivity contribution in [3.8, 4) is 6.07 Å². The molecule has 0 spiro atoms. The van der Waals surface area contributed by atoms with E-state index in [1.165, 1.54) is 5.56 Å². The highest BCUT2D eigenvalue weighted by Gasteiger charge is 2.28. The zero-order valence-electron chi connectivity index (χ0n) is 17.2. The summed E-state index contributed by atoms with van der Waals surface area (Å²) in [6.45, 7) is 6.29. The number of amides is 1. The molecule has 0 aliphatic carbocycles. The van der Waals surface area contributed by atoms with Gasteiger partial charge in [0.25, 0.3) is 5.56 Å². The van der Waals surface area contributed by atoms with Gasteiger partial charge in [-0.25, -0.2) is 0 Å². The number of aryl methyl sites for hydroxylation is 2. The van der Waals surface area contributed by atoms with Crippen LogP contribution in [0.4, 0.5) is 0 Å². The van der Waals surface area contributed by atoms with Crippen molar-refractivity contribution in [3.05, 3.63) is 68.1 Å². The smallest absolute Gasteiger partial charge is 0.266 e. The van der Waals surface area contributed by atoms with Gasteiger partial charge in [-0.2, -0.15) is 5.26 Å². The number of nitrogens with one attached hydrogen (secondary N) is 2. The molecule has 2 N–H and O–H groups in total. The summed E-state index contributed by atoms with van der Waals surface area (Å²) >= 11 is 0. The monoisotopic (exact) mass is 393 g/mol. The first kappa shape index (κ1) is 20.8. The number of nitriles is 1. The molecule has 0 unspecified atom stereocenters. The van der Waals surface area contributed by atoms with Gasteiger partial charge in [-0.3, -0.25) is 9.59 Å². The van der Waals surface area contributed by atoms with E-state index in [0.717, 1.165) is 24.0 Å². The van der Waals surface area contributed by atoms with Crippen molar-refractivity contribution in [1.29, 1.82) is 5.26 Å². The second-order valence-corrected chi connectivity index (χ2v) is 7.69. The van der Waals surface area contributed by atoms with Gasteiger partial charge in [0.15, 0.2) is 0 Å². The van der Waals surface area contributed by atoms with Crippen LogP contribution in [0.1, 0.15) is 58.9 Å². The standard InChI is InChI=1S/C23H27N3O3/c1-14-6-8-17(9-7-14)22-20(5-4-12-29-22)26-21(27)11-10-18-15(2)19(13-24)23(28)25-16(18)3/h6-9,20,22H,4-5,10-12H2,1-3H3,(H,25,28)(H,26,27)/t20-,22+/m0/s1. The molecule has 3 rings (SSSR count). The molecule has 2 aromatic rings. The number of carbonyl (C=O) groups excluding carboxylic acids is 1. The SMILES string of the molecule is Cc1ccc([C@H]2OCCC[C@@H]2NC(=O)CCc2c(C)[nH]c(=O)c(C#N)c2C)cc1. The maximum absolute atomic E-state index is 12.7. The molecular weight excluding hydrogens is 366 g/mol. The molecule has 1 saturated heterocycles. The molecule has 1 aliphatic heterocycles. The molecule has 29 heavy (non-hydrogen) atoms. The summed E-state index contributed by atoms with van der Waals surface area (Å²) in [5.41, 5.74) is 4.21. The molecule has 1 aromatic heterocycles. The number of aromatic nitrogens is 1. The van der Waals surface area contributed by atoms with Gasteiger partial charge in [0.2, 0.25) is 5.91 Å². The molecule has 152 valence electrons. The third-order valence-corrected chi connectivity index (χ3v) is 5.60. The van der Waals surface area contributed by atoms with E-state index < -0.39 is 0 Å². The highest BCUT2D eigenvalue weighted by molar-refractivity contribution is 5.76. The van der Waals surface area contributed by atoms with Gasteiger partial charge in [0.05, 0.1) is 6.04 Å². The Bertz CT molecular complexity index is 986. The molecule has 0 saturated carbocycles. The number of hydrogen-bond donors (Lipinski definition) is 2. The van der Waals surface area contributed by atoms with Crippen LogP contribution in [0.3, 0.4) is 0 Å². The van der Waals surface area contributed by atoms with Crippen LogP contribution in [-0.4, -0.2) is 23.5 Å².